The first-order chi connectivity index (χ1) is 16.0. The van der Waals surface area contributed by atoms with E-state index in [0.29, 0.717) is 30.7 Å². The van der Waals surface area contributed by atoms with Crippen LogP contribution in [0, 0.1) is 0 Å². The highest BCUT2D eigenvalue weighted by Crippen LogP contribution is 2.46. The summed E-state index contributed by atoms with van der Waals surface area (Å²) in [4.78, 5) is 30.7. The molecule has 1 saturated carbocycles. The Morgan fingerprint density at radius 2 is 1.88 bits per heavy atom. The number of benzene rings is 2. The van der Waals surface area contributed by atoms with Crippen LogP contribution in [-0.2, 0) is 19.7 Å². The maximum absolute atomic E-state index is 13.9. The molecule has 0 spiro atoms. The van der Waals surface area contributed by atoms with E-state index in [1.54, 1.807) is 19.2 Å². The van der Waals surface area contributed by atoms with Crippen LogP contribution in [0.2, 0.25) is 5.02 Å². The van der Waals surface area contributed by atoms with Gasteiger partial charge in [0.1, 0.15) is 18.7 Å². The van der Waals surface area contributed by atoms with Gasteiger partial charge in [-0.15, -0.1) is 0 Å². The van der Waals surface area contributed by atoms with Crippen molar-refractivity contribution in [3.63, 3.8) is 0 Å². The normalized spacial score (nSPS) is 25.8. The number of carbonyl (C=O) groups excluding carboxylic acids is 2. The Bertz CT molecular complexity index is 1050. The Balaban J connectivity index is 1.76. The van der Waals surface area contributed by atoms with Crippen LogP contribution in [0.5, 0.6) is 0 Å². The van der Waals surface area contributed by atoms with Crippen LogP contribution < -0.4 is 0 Å². The summed E-state index contributed by atoms with van der Waals surface area (Å²) in [7, 11) is 1.67. The lowest BCUT2D eigenvalue weighted by Crippen LogP contribution is -2.52. The molecule has 33 heavy (non-hydrogen) atoms. The zero-order chi connectivity index (χ0) is 23.4. The lowest BCUT2D eigenvalue weighted by Gasteiger charge is -2.44. The van der Waals surface area contributed by atoms with Crippen molar-refractivity contribution >= 4 is 23.6 Å². The third-order valence-electron chi connectivity index (χ3n) is 6.80. The third-order valence-corrected chi connectivity index (χ3v) is 7.05. The first-order valence-corrected chi connectivity index (χ1v) is 11.3. The van der Waals surface area contributed by atoms with Gasteiger partial charge < -0.3 is 9.47 Å². The Kier molecular flexibility index (Phi) is 6.88. The number of rotatable bonds is 6. The van der Waals surface area contributed by atoms with E-state index >= 15 is 0 Å². The molecule has 0 bridgehead atoms. The van der Waals surface area contributed by atoms with Crippen molar-refractivity contribution in [3.8, 4) is 0 Å². The Morgan fingerprint density at radius 1 is 1.21 bits per heavy atom. The average Bonchev–Trinajstić information content (AvgIpc) is 3.24. The fraction of sp³-hybridized carbons (Fsp3) is 0.417. The molecule has 8 nitrogen and oxygen atoms in total. The number of hydrogen-bond donors (Lipinski definition) is 0. The first-order valence-electron chi connectivity index (χ1n) is 10.9. The molecule has 1 aliphatic carbocycles. The second-order valence-electron chi connectivity index (χ2n) is 8.42. The predicted molar refractivity (Wildman–Crippen MR) is 123 cm³/mol. The lowest BCUT2D eigenvalue weighted by atomic mass is 9.64. The van der Waals surface area contributed by atoms with E-state index in [9.17, 15) is 15.1 Å². The van der Waals surface area contributed by atoms with Gasteiger partial charge in [0.15, 0.2) is 0 Å². The minimum atomic E-state index is -1.13. The van der Waals surface area contributed by atoms with E-state index in [0.717, 1.165) is 16.0 Å². The van der Waals surface area contributed by atoms with Crippen molar-refractivity contribution in [2.75, 3.05) is 13.7 Å². The molecule has 172 valence electrons. The van der Waals surface area contributed by atoms with Crippen molar-refractivity contribution in [2.45, 2.75) is 49.3 Å². The monoisotopic (exact) mass is 468 g/mol. The summed E-state index contributed by atoms with van der Waals surface area (Å²) in [5.74, 6) is -0.560. The van der Waals surface area contributed by atoms with Crippen LogP contribution in [0.3, 0.4) is 0 Å². The van der Waals surface area contributed by atoms with Gasteiger partial charge in [-0.05, 0) is 54.5 Å². The standard InChI is InChI=1S/C24H25ClN4O4/c1-32-19-11-13-24(14-12-19,17-7-9-18(25)10-8-17)21(27-28-26)22(30)29-20(15-33-23(29)31)16-5-3-2-4-6-16/h2-10,19-21H,11-15H2,1H3. The van der Waals surface area contributed by atoms with E-state index in [4.69, 9.17) is 21.1 Å². The zero-order valence-electron chi connectivity index (χ0n) is 18.3. The number of cyclic esters (lactones) is 1. The van der Waals surface area contributed by atoms with Crippen molar-refractivity contribution in [3.05, 3.63) is 81.2 Å². The summed E-state index contributed by atoms with van der Waals surface area (Å²) in [6.07, 6.45) is 1.82. The minimum absolute atomic E-state index is 0.0528. The number of ether oxygens (including phenoxy) is 2. The van der Waals surface area contributed by atoms with Gasteiger partial charge in [0.25, 0.3) is 0 Å². The van der Waals surface area contributed by atoms with E-state index in [1.807, 2.05) is 42.5 Å². The van der Waals surface area contributed by atoms with Crippen LogP contribution in [-0.4, -0.2) is 42.8 Å². The maximum Gasteiger partial charge on any atom is 0.417 e. The summed E-state index contributed by atoms with van der Waals surface area (Å²) < 4.78 is 10.8. The van der Waals surface area contributed by atoms with Gasteiger partial charge in [-0.3, -0.25) is 4.79 Å². The molecule has 2 unspecified atom stereocenters. The van der Waals surface area contributed by atoms with Gasteiger partial charge in [-0.2, -0.15) is 0 Å². The van der Waals surface area contributed by atoms with E-state index in [2.05, 4.69) is 10.0 Å². The highest BCUT2D eigenvalue weighted by Gasteiger charge is 2.51. The van der Waals surface area contributed by atoms with Crippen molar-refractivity contribution in [1.82, 2.24) is 4.90 Å². The molecule has 0 N–H and O–H groups in total. The minimum Gasteiger partial charge on any atom is -0.446 e. The molecule has 2 aliphatic rings. The topological polar surface area (TPSA) is 105 Å². The Morgan fingerprint density at radius 3 is 2.48 bits per heavy atom. The number of azide groups is 1. The molecule has 0 aromatic heterocycles. The van der Waals surface area contributed by atoms with Gasteiger partial charge in [0, 0.05) is 22.5 Å². The predicted octanol–water partition coefficient (Wildman–Crippen LogP) is 5.57. The largest absolute Gasteiger partial charge is 0.446 e. The molecule has 4 rings (SSSR count). The summed E-state index contributed by atoms with van der Waals surface area (Å²) in [6.45, 7) is 0.0528. The molecule has 1 heterocycles. The van der Waals surface area contributed by atoms with E-state index in [1.165, 1.54) is 0 Å². The molecule has 2 aromatic carbocycles. The molecule has 2 aromatic rings. The fourth-order valence-corrected chi connectivity index (χ4v) is 5.14. The summed E-state index contributed by atoms with van der Waals surface area (Å²) >= 11 is 6.12. The van der Waals surface area contributed by atoms with Crippen LogP contribution in [0.4, 0.5) is 4.79 Å². The number of hydrogen-bond acceptors (Lipinski definition) is 5. The molecule has 9 heteroatoms. The van der Waals surface area contributed by atoms with Crippen molar-refractivity contribution in [2.24, 2.45) is 5.11 Å². The highest BCUT2D eigenvalue weighted by molar-refractivity contribution is 6.30. The maximum atomic E-state index is 13.9. The summed E-state index contributed by atoms with van der Waals surface area (Å²) in [5, 5.41) is 4.55. The number of nitrogens with zero attached hydrogens (tertiary/aromatic N) is 4. The third kappa shape index (κ3) is 4.42. The smallest absolute Gasteiger partial charge is 0.417 e. The van der Waals surface area contributed by atoms with Gasteiger partial charge in [-0.1, -0.05) is 59.2 Å². The van der Waals surface area contributed by atoms with Gasteiger partial charge in [0.05, 0.1) is 6.10 Å². The number of amides is 2. The first kappa shape index (κ1) is 23.1. The lowest BCUT2D eigenvalue weighted by molar-refractivity contribution is -0.133. The number of imide groups is 1. The number of methoxy groups -OCH3 is 1. The van der Waals surface area contributed by atoms with Gasteiger partial charge in [-0.25, -0.2) is 9.69 Å². The van der Waals surface area contributed by atoms with Gasteiger partial charge in [0.2, 0.25) is 5.91 Å². The van der Waals surface area contributed by atoms with E-state index in [-0.39, 0.29) is 12.7 Å². The molecular formula is C24H25ClN4O4. The number of carbonyl (C=O) groups is 2. The van der Waals surface area contributed by atoms with Crippen LogP contribution in [0.1, 0.15) is 42.9 Å². The molecular weight excluding hydrogens is 444 g/mol. The summed E-state index contributed by atoms with van der Waals surface area (Å²) in [5.41, 5.74) is 10.3. The second-order valence-corrected chi connectivity index (χ2v) is 8.85. The van der Waals surface area contributed by atoms with Gasteiger partial charge >= 0.3 is 6.09 Å². The second kappa shape index (κ2) is 9.83. The SMILES string of the molecule is COC1CCC(c2ccc(Cl)cc2)(C(N=[N+]=[N-])C(=O)N2C(=O)OCC2c2ccccc2)CC1. The zero-order valence-corrected chi connectivity index (χ0v) is 19.0. The van der Waals surface area contributed by atoms with Crippen LogP contribution in [0.15, 0.2) is 59.7 Å². The molecule has 1 saturated heterocycles. The molecule has 2 atom stereocenters. The molecule has 2 amide bonds. The van der Waals surface area contributed by atoms with Crippen LogP contribution in [0.25, 0.3) is 10.4 Å². The molecule has 2 fully saturated rings. The van der Waals surface area contributed by atoms with Crippen molar-refractivity contribution in [1.29, 1.82) is 0 Å². The van der Waals surface area contributed by atoms with Crippen molar-refractivity contribution < 1.29 is 19.1 Å². The van der Waals surface area contributed by atoms with Crippen LogP contribution >= 0.6 is 11.6 Å². The number of halogens is 1. The Labute approximate surface area is 197 Å². The quantitative estimate of drug-likeness (QED) is 0.314. The summed E-state index contributed by atoms with van der Waals surface area (Å²) in [6, 6.07) is 14.8. The molecule has 0 radical (unpaired) electrons. The highest BCUT2D eigenvalue weighted by atomic mass is 35.5. The fourth-order valence-electron chi connectivity index (χ4n) is 5.01. The average molecular weight is 469 g/mol. The Hall–Kier alpha value is -3.06. The molecule has 1 aliphatic heterocycles. The van der Waals surface area contributed by atoms with E-state index < -0.39 is 29.5 Å².